The Morgan fingerprint density at radius 2 is 2.08 bits per heavy atom. The van der Waals surface area contributed by atoms with E-state index < -0.39 is 0 Å². The van der Waals surface area contributed by atoms with E-state index in [1.54, 1.807) is 0 Å². The molecule has 1 aromatic heterocycles. The third kappa shape index (κ3) is 1.45. The molecule has 68 valence electrons. The number of furan rings is 1. The molecule has 1 heterocycles. The molecule has 0 radical (unpaired) electrons. The standard InChI is InChI=1S/C11H13NO/c1-8(12-2)11-7-9-5-3-4-6-10(9)13-11/h3-8,12H,1-2H3/t8-/m1/s1. The first-order chi connectivity index (χ1) is 6.31. The topological polar surface area (TPSA) is 25.2 Å². The maximum Gasteiger partial charge on any atom is 0.134 e. The lowest BCUT2D eigenvalue weighted by atomic mass is 10.2. The molecular weight excluding hydrogens is 162 g/mol. The van der Waals surface area contributed by atoms with Gasteiger partial charge in [-0.1, -0.05) is 18.2 Å². The minimum Gasteiger partial charge on any atom is -0.459 e. The molecule has 0 unspecified atom stereocenters. The van der Waals surface area contributed by atoms with Gasteiger partial charge in [0.2, 0.25) is 0 Å². The van der Waals surface area contributed by atoms with Crippen molar-refractivity contribution in [2.45, 2.75) is 13.0 Å². The fourth-order valence-electron chi connectivity index (χ4n) is 1.36. The van der Waals surface area contributed by atoms with E-state index in [2.05, 4.69) is 24.4 Å². The first kappa shape index (κ1) is 8.32. The van der Waals surface area contributed by atoms with Crippen LogP contribution in [0.5, 0.6) is 0 Å². The molecule has 0 saturated carbocycles. The lowest BCUT2D eigenvalue weighted by molar-refractivity contribution is 0.475. The van der Waals surface area contributed by atoms with Crippen molar-refractivity contribution in [1.82, 2.24) is 5.32 Å². The number of nitrogens with one attached hydrogen (secondary N) is 1. The molecule has 2 rings (SSSR count). The highest BCUT2D eigenvalue weighted by atomic mass is 16.3. The molecule has 1 N–H and O–H groups in total. The second-order valence-corrected chi connectivity index (χ2v) is 3.20. The Bertz CT molecular complexity index is 372. The average Bonchev–Trinajstić information content (AvgIpc) is 2.59. The van der Waals surface area contributed by atoms with Crippen LogP contribution >= 0.6 is 0 Å². The maximum absolute atomic E-state index is 5.66. The summed E-state index contributed by atoms with van der Waals surface area (Å²) in [6.45, 7) is 2.08. The summed E-state index contributed by atoms with van der Waals surface area (Å²) in [5.74, 6) is 0.990. The van der Waals surface area contributed by atoms with Gasteiger partial charge in [-0.05, 0) is 26.1 Å². The lowest BCUT2D eigenvalue weighted by Crippen LogP contribution is -2.10. The van der Waals surface area contributed by atoms with E-state index in [0.29, 0.717) is 0 Å². The third-order valence-electron chi connectivity index (χ3n) is 2.30. The zero-order chi connectivity index (χ0) is 9.26. The number of benzene rings is 1. The zero-order valence-electron chi connectivity index (χ0n) is 7.87. The van der Waals surface area contributed by atoms with Crippen LogP contribution in [0.15, 0.2) is 34.7 Å². The minimum absolute atomic E-state index is 0.271. The zero-order valence-corrected chi connectivity index (χ0v) is 7.87. The Morgan fingerprint density at radius 3 is 2.77 bits per heavy atom. The number of hydrogen-bond acceptors (Lipinski definition) is 2. The van der Waals surface area contributed by atoms with Crippen LogP contribution < -0.4 is 5.32 Å². The van der Waals surface area contributed by atoms with Gasteiger partial charge in [0.15, 0.2) is 0 Å². The van der Waals surface area contributed by atoms with Gasteiger partial charge in [-0.3, -0.25) is 0 Å². The first-order valence-electron chi connectivity index (χ1n) is 4.47. The molecule has 13 heavy (non-hydrogen) atoms. The van der Waals surface area contributed by atoms with Crippen LogP contribution in [0.3, 0.4) is 0 Å². The van der Waals surface area contributed by atoms with Gasteiger partial charge in [0.05, 0.1) is 6.04 Å². The van der Waals surface area contributed by atoms with Crippen LogP contribution in [0.1, 0.15) is 18.7 Å². The molecule has 0 aliphatic rings. The van der Waals surface area contributed by atoms with Crippen molar-refractivity contribution in [3.63, 3.8) is 0 Å². The fraction of sp³-hybridized carbons (Fsp3) is 0.273. The number of fused-ring (bicyclic) bond motifs is 1. The van der Waals surface area contributed by atoms with E-state index >= 15 is 0 Å². The van der Waals surface area contributed by atoms with Gasteiger partial charge in [-0.2, -0.15) is 0 Å². The molecule has 0 saturated heterocycles. The van der Waals surface area contributed by atoms with Crippen LogP contribution in [0.25, 0.3) is 11.0 Å². The molecule has 2 heteroatoms. The van der Waals surface area contributed by atoms with Gasteiger partial charge in [0.1, 0.15) is 11.3 Å². The fourth-order valence-corrected chi connectivity index (χ4v) is 1.36. The predicted molar refractivity (Wildman–Crippen MR) is 53.7 cm³/mol. The Morgan fingerprint density at radius 1 is 1.31 bits per heavy atom. The first-order valence-corrected chi connectivity index (χ1v) is 4.47. The van der Waals surface area contributed by atoms with Crippen molar-refractivity contribution in [2.75, 3.05) is 7.05 Å². The summed E-state index contributed by atoms with van der Waals surface area (Å²) in [7, 11) is 1.93. The third-order valence-corrected chi connectivity index (χ3v) is 2.30. The summed E-state index contributed by atoms with van der Waals surface area (Å²) >= 11 is 0. The van der Waals surface area contributed by atoms with Crippen molar-refractivity contribution in [3.05, 3.63) is 36.1 Å². The highest BCUT2D eigenvalue weighted by Crippen LogP contribution is 2.22. The van der Waals surface area contributed by atoms with E-state index in [9.17, 15) is 0 Å². The summed E-state index contributed by atoms with van der Waals surface area (Å²) < 4.78 is 5.66. The molecular formula is C11H13NO. The summed E-state index contributed by atoms with van der Waals surface area (Å²) in [4.78, 5) is 0. The van der Waals surface area contributed by atoms with Crippen LogP contribution in [-0.4, -0.2) is 7.05 Å². The second kappa shape index (κ2) is 3.23. The summed E-state index contributed by atoms with van der Waals surface area (Å²) in [5.41, 5.74) is 0.958. The Hall–Kier alpha value is -1.28. The van der Waals surface area contributed by atoms with Crippen LogP contribution in [0, 0.1) is 0 Å². The number of hydrogen-bond donors (Lipinski definition) is 1. The van der Waals surface area contributed by atoms with Crippen molar-refractivity contribution >= 4 is 11.0 Å². The quantitative estimate of drug-likeness (QED) is 0.759. The highest BCUT2D eigenvalue weighted by Gasteiger charge is 2.08. The van der Waals surface area contributed by atoms with E-state index in [0.717, 1.165) is 11.3 Å². The van der Waals surface area contributed by atoms with E-state index in [-0.39, 0.29) is 6.04 Å². The van der Waals surface area contributed by atoms with Crippen LogP contribution in [-0.2, 0) is 0 Å². The van der Waals surface area contributed by atoms with E-state index in [4.69, 9.17) is 4.42 Å². The molecule has 0 fully saturated rings. The smallest absolute Gasteiger partial charge is 0.134 e. The number of rotatable bonds is 2. The normalized spacial score (nSPS) is 13.4. The van der Waals surface area contributed by atoms with E-state index in [1.165, 1.54) is 5.39 Å². The molecule has 1 aromatic carbocycles. The molecule has 2 aromatic rings. The largest absolute Gasteiger partial charge is 0.459 e. The Balaban J connectivity index is 2.49. The van der Waals surface area contributed by atoms with Gasteiger partial charge in [-0.15, -0.1) is 0 Å². The molecule has 0 bridgehead atoms. The highest BCUT2D eigenvalue weighted by molar-refractivity contribution is 5.77. The van der Waals surface area contributed by atoms with Gasteiger partial charge in [0.25, 0.3) is 0 Å². The molecule has 0 aliphatic carbocycles. The van der Waals surface area contributed by atoms with Crippen LogP contribution in [0.2, 0.25) is 0 Å². The van der Waals surface area contributed by atoms with Gasteiger partial charge in [0, 0.05) is 5.39 Å². The Labute approximate surface area is 77.6 Å². The van der Waals surface area contributed by atoms with Crippen LogP contribution in [0.4, 0.5) is 0 Å². The monoisotopic (exact) mass is 175 g/mol. The average molecular weight is 175 g/mol. The Kier molecular flexibility index (Phi) is 2.07. The minimum atomic E-state index is 0.271. The van der Waals surface area contributed by atoms with Gasteiger partial charge >= 0.3 is 0 Å². The van der Waals surface area contributed by atoms with Gasteiger partial charge in [-0.25, -0.2) is 0 Å². The second-order valence-electron chi connectivity index (χ2n) is 3.20. The van der Waals surface area contributed by atoms with Gasteiger partial charge < -0.3 is 9.73 Å². The molecule has 0 aliphatic heterocycles. The van der Waals surface area contributed by atoms with E-state index in [1.807, 2.05) is 25.2 Å². The van der Waals surface area contributed by atoms with Crippen molar-refractivity contribution in [3.8, 4) is 0 Å². The summed E-state index contributed by atoms with van der Waals surface area (Å²) in [6, 6.07) is 10.4. The molecule has 2 nitrogen and oxygen atoms in total. The molecule has 0 amide bonds. The molecule has 0 spiro atoms. The lowest BCUT2D eigenvalue weighted by Gasteiger charge is -2.04. The summed E-state index contributed by atoms with van der Waals surface area (Å²) in [6.07, 6.45) is 0. The SMILES string of the molecule is CN[C@H](C)c1cc2ccccc2o1. The maximum atomic E-state index is 5.66. The summed E-state index contributed by atoms with van der Waals surface area (Å²) in [5, 5.41) is 4.31. The predicted octanol–water partition coefficient (Wildman–Crippen LogP) is 2.71. The van der Waals surface area contributed by atoms with Crippen molar-refractivity contribution in [2.24, 2.45) is 0 Å². The van der Waals surface area contributed by atoms with Crippen molar-refractivity contribution < 1.29 is 4.42 Å². The number of para-hydroxylation sites is 1. The van der Waals surface area contributed by atoms with Crippen molar-refractivity contribution in [1.29, 1.82) is 0 Å². The molecule has 1 atom stereocenters.